The zero-order valence-corrected chi connectivity index (χ0v) is 17.7. The van der Waals surface area contributed by atoms with Gasteiger partial charge in [0.25, 0.3) is 0 Å². The van der Waals surface area contributed by atoms with Crippen LogP contribution in [0.5, 0.6) is 11.5 Å². The predicted octanol–water partition coefficient (Wildman–Crippen LogP) is 2.45. The Morgan fingerprint density at radius 1 is 1.14 bits per heavy atom. The van der Waals surface area contributed by atoms with Gasteiger partial charge >= 0.3 is 0 Å². The van der Waals surface area contributed by atoms with Crippen LogP contribution in [0.2, 0.25) is 0 Å². The van der Waals surface area contributed by atoms with Crippen molar-refractivity contribution in [2.75, 3.05) is 47.0 Å². The van der Waals surface area contributed by atoms with Crippen LogP contribution in [0.4, 0.5) is 0 Å². The number of nitrogens with one attached hydrogen (secondary N) is 1. The van der Waals surface area contributed by atoms with Crippen LogP contribution in [0, 0.1) is 0 Å². The number of rotatable bonds is 9. The van der Waals surface area contributed by atoms with Crippen LogP contribution in [0.15, 0.2) is 53.4 Å². The highest BCUT2D eigenvalue weighted by Gasteiger charge is 2.23. The first-order chi connectivity index (χ1) is 14.0. The molecule has 0 amide bonds. The van der Waals surface area contributed by atoms with E-state index in [0.717, 1.165) is 19.6 Å². The molecule has 0 aliphatic carbocycles. The second-order valence-corrected chi connectivity index (χ2v) is 8.57. The summed E-state index contributed by atoms with van der Waals surface area (Å²) in [5.41, 5.74) is 1.17. The Balaban J connectivity index is 1.52. The zero-order chi connectivity index (χ0) is 20.7. The zero-order valence-electron chi connectivity index (χ0n) is 16.8. The van der Waals surface area contributed by atoms with Gasteiger partial charge in [0.2, 0.25) is 10.0 Å². The van der Waals surface area contributed by atoms with Crippen LogP contribution in [0.1, 0.15) is 18.1 Å². The lowest BCUT2D eigenvalue weighted by Gasteiger charge is -2.33. The second-order valence-electron chi connectivity index (χ2n) is 6.84. The van der Waals surface area contributed by atoms with Crippen LogP contribution >= 0.6 is 0 Å². The normalized spacial score (nSPS) is 17.8. The van der Waals surface area contributed by atoms with E-state index in [1.54, 1.807) is 12.1 Å². The molecule has 0 spiro atoms. The summed E-state index contributed by atoms with van der Waals surface area (Å²) in [4.78, 5) is 2.39. The van der Waals surface area contributed by atoms with Gasteiger partial charge in [-0.2, -0.15) is 0 Å². The third-order valence-corrected chi connectivity index (χ3v) is 6.41. The summed E-state index contributed by atoms with van der Waals surface area (Å²) in [6.07, 6.45) is 0.759. The van der Waals surface area contributed by atoms with Crippen LogP contribution in [-0.4, -0.2) is 60.3 Å². The minimum Gasteiger partial charge on any atom is -0.497 e. The molecule has 1 aliphatic rings. The van der Waals surface area contributed by atoms with Gasteiger partial charge in [-0.3, -0.25) is 4.90 Å². The molecule has 158 valence electrons. The fraction of sp³-hybridized carbons (Fsp3) is 0.429. The summed E-state index contributed by atoms with van der Waals surface area (Å²) in [6, 6.07) is 14.9. The molecule has 1 fully saturated rings. The minimum absolute atomic E-state index is 0.0580. The lowest BCUT2D eigenvalue weighted by Crippen LogP contribution is -2.39. The fourth-order valence-corrected chi connectivity index (χ4v) is 4.61. The van der Waals surface area contributed by atoms with Gasteiger partial charge in [-0.25, -0.2) is 13.1 Å². The number of methoxy groups -OCH3 is 2. The van der Waals surface area contributed by atoms with E-state index in [0.29, 0.717) is 25.3 Å². The van der Waals surface area contributed by atoms with Crippen molar-refractivity contribution in [1.29, 1.82) is 0 Å². The minimum atomic E-state index is -3.69. The molecular formula is C21H28N2O5S. The number of nitrogens with zero attached hydrogens (tertiary/aromatic N) is 1. The first-order valence-electron chi connectivity index (χ1n) is 9.64. The van der Waals surface area contributed by atoms with Gasteiger partial charge in [0.1, 0.15) is 16.4 Å². The Hall–Kier alpha value is -2.13. The molecule has 7 nitrogen and oxygen atoms in total. The quantitative estimate of drug-likeness (QED) is 0.628. The number of morpholine rings is 1. The summed E-state index contributed by atoms with van der Waals surface area (Å²) in [6.45, 7) is 3.47. The van der Waals surface area contributed by atoms with Crippen LogP contribution in [0.3, 0.4) is 0 Å². The van der Waals surface area contributed by atoms with E-state index in [2.05, 4.69) is 21.8 Å². The smallest absolute Gasteiger partial charge is 0.244 e. The van der Waals surface area contributed by atoms with Crippen molar-refractivity contribution in [3.05, 3.63) is 54.1 Å². The Bertz CT molecular complexity index is 889. The highest BCUT2D eigenvalue weighted by Crippen LogP contribution is 2.28. The van der Waals surface area contributed by atoms with Gasteiger partial charge in [-0.15, -0.1) is 0 Å². The van der Waals surface area contributed by atoms with E-state index in [1.807, 2.05) is 18.2 Å². The SMILES string of the molecule is COc1ccc(OC)c(S(=O)(=O)NCCCN2CCO[C@@H](c3ccccc3)C2)c1. The molecule has 1 atom stereocenters. The Labute approximate surface area is 172 Å². The molecule has 0 aromatic heterocycles. The van der Waals surface area contributed by atoms with E-state index in [1.165, 1.54) is 25.8 Å². The average molecular weight is 421 g/mol. The summed E-state index contributed by atoms with van der Waals surface area (Å²) >= 11 is 0. The van der Waals surface area contributed by atoms with Crippen LogP contribution in [0.25, 0.3) is 0 Å². The van der Waals surface area contributed by atoms with Crippen LogP contribution < -0.4 is 14.2 Å². The van der Waals surface area contributed by atoms with E-state index in [9.17, 15) is 8.42 Å². The molecule has 1 N–H and O–H groups in total. The highest BCUT2D eigenvalue weighted by atomic mass is 32.2. The van der Waals surface area contributed by atoms with E-state index < -0.39 is 10.0 Å². The molecule has 0 bridgehead atoms. The number of hydrogen-bond acceptors (Lipinski definition) is 6. The molecule has 1 heterocycles. The topological polar surface area (TPSA) is 77.1 Å². The van der Waals surface area contributed by atoms with Gasteiger partial charge in [-0.05, 0) is 30.7 Å². The number of ether oxygens (including phenoxy) is 3. The van der Waals surface area contributed by atoms with Gasteiger partial charge in [-0.1, -0.05) is 30.3 Å². The van der Waals surface area contributed by atoms with Gasteiger partial charge in [0, 0.05) is 25.7 Å². The molecule has 8 heteroatoms. The molecule has 2 aromatic rings. The molecule has 3 rings (SSSR count). The molecular weight excluding hydrogens is 392 g/mol. The fourth-order valence-electron chi connectivity index (χ4n) is 3.36. The Kier molecular flexibility index (Phi) is 7.49. The summed E-state index contributed by atoms with van der Waals surface area (Å²) in [5, 5.41) is 0. The van der Waals surface area contributed by atoms with Crippen molar-refractivity contribution >= 4 is 10.0 Å². The maximum Gasteiger partial charge on any atom is 0.244 e. The van der Waals surface area contributed by atoms with Crippen molar-refractivity contribution in [3.63, 3.8) is 0 Å². The van der Waals surface area contributed by atoms with E-state index in [-0.39, 0.29) is 16.7 Å². The Morgan fingerprint density at radius 2 is 1.93 bits per heavy atom. The number of benzene rings is 2. The second kappa shape index (κ2) is 10.1. The molecule has 1 aliphatic heterocycles. The van der Waals surface area contributed by atoms with Crippen molar-refractivity contribution in [2.24, 2.45) is 0 Å². The summed E-state index contributed by atoms with van der Waals surface area (Å²) in [7, 11) is -0.747. The van der Waals surface area contributed by atoms with E-state index in [4.69, 9.17) is 14.2 Å². The van der Waals surface area contributed by atoms with Crippen LogP contribution in [-0.2, 0) is 14.8 Å². The van der Waals surface area contributed by atoms with Gasteiger partial charge in [0.05, 0.1) is 26.9 Å². The molecule has 0 unspecified atom stereocenters. The number of hydrogen-bond donors (Lipinski definition) is 1. The van der Waals surface area contributed by atoms with E-state index >= 15 is 0 Å². The Morgan fingerprint density at radius 3 is 2.66 bits per heavy atom. The lowest BCUT2D eigenvalue weighted by molar-refractivity contribution is -0.0300. The molecule has 2 aromatic carbocycles. The maximum absolute atomic E-state index is 12.7. The standard InChI is InChI=1S/C21H28N2O5S/c1-26-18-9-10-19(27-2)21(15-18)29(24,25)22-11-6-12-23-13-14-28-20(16-23)17-7-4-3-5-8-17/h3-5,7-10,15,20,22H,6,11-14,16H2,1-2H3/t20-/m1/s1. The summed E-state index contributed by atoms with van der Waals surface area (Å²) < 4.78 is 44.2. The van der Waals surface area contributed by atoms with Crippen molar-refractivity contribution in [3.8, 4) is 11.5 Å². The lowest BCUT2D eigenvalue weighted by atomic mass is 10.1. The molecule has 1 saturated heterocycles. The predicted molar refractivity (Wildman–Crippen MR) is 111 cm³/mol. The van der Waals surface area contributed by atoms with Crippen molar-refractivity contribution < 1.29 is 22.6 Å². The van der Waals surface area contributed by atoms with Gasteiger partial charge in [0.15, 0.2) is 0 Å². The first kappa shape index (κ1) is 21.6. The van der Waals surface area contributed by atoms with Crippen molar-refractivity contribution in [2.45, 2.75) is 17.4 Å². The van der Waals surface area contributed by atoms with Crippen molar-refractivity contribution in [1.82, 2.24) is 9.62 Å². The largest absolute Gasteiger partial charge is 0.497 e. The molecule has 0 radical (unpaired) electrons. The highest BCUT2D eigenvalue weighted by molar-refractivity contribution is 7.89. The monoisotopic (exact) mass is 420 g/mol. The first-order valence-corrected chi connectivity index (χ1v) is 11.1. The molecule has 0 saturated carbocycles. The number of sulfonamides is 1. The third kappa shape index (κ3) is 5.70. The maximum atomic E-state index is 12.7. The summed E-state index contributed by atoms with van der Waals surface area (Å²) in [5.74, 6) is 0.753. The molecule has 29 heavy (non-hydrogen) atoms. The van der Waals surface area contributed by atoms with Gasteiger partial charge < -0.3 is 14.2 Å². The third-order valence-electron chi connectivity index (χ3n) is 4.93. The average Bonchev–Trinajstić information content (AvgIpc) is 2.77.